The van der Waals surface area contributed by atoms with Crippen LogP contribution in [0.4, 0.5) is 4.39 Å². The van der Waals surface area contributed by atoms with Crippen molar-refractivity contribution < 1.29 is 30.8 Å². The summed E-state index contributed by atoms with van der Waals surface area (Å²) in [6.45, 7) is -8.25. The minimum atomic E-state index is -3.24. The number of amides is 1. The highest BCUT2D eigenvalue weighted by atomic mass is 32.1. The van der Waals surface area contributed by atoms with Crippen LogP contribution in [0.15, 0.2) is 10.8 Å². The number of rotatable bonds is 7. The van der Waals surface area contributed by atoms with Crippen LogP contribution >= 0.6 is 11.3 Å². The van der Waals surface area contributed by atoms with Crippen molar-refractivity contribution in [2.45, 2.75) is 45.4 Å². The van der Waals surface area contributed by atoms with E-state index < -0.39 is 88.1 Å². The third kappa shape index (κ3) is 4.16. The van der Waals surface area contributed by atoms with Gasteiger partial charge in [0.1, 0.15) is 16.1 Å². The predicted octanol–water partition coefficient (Wildman–Crippen LogP) is 3.09. The predicted molar refractivity (Wildman–Crippen MR) is 105 cm³/mol. The number of aromatic nitrogens is 1. The maximum absolute atomic E-state index is 14.5. The Bertz CT molecular complexity index is 1370. The van der Waals surface area contributed by atoms with Gasteiger partial charge in [-0.05, 0) is 58.7 Å². The van der Waals surface area contributed by atoms with Gasteiger partial charge in [-0.2, -0.15) is 4.39 Å². The molecule has 1 saturated heterocycles. The monoisotopic (exact) mass is 408 g/mol. The van der Waals surface area contributed by atoms with E-state index >= 15 is 0 Å². The van der Waals surface area contributed by atoms with Crippen LogP contribution in [0.1, 0.15) is 70.9 Å². The number of aromatic hydroxyl groups is 1. The van der Waals surface area contributed by atoms with E-state index in [1.54, 1.807) is 0 Å². The molecule has 148 valence electrons. The highest BCUT2D eigenvalue weighted by Gasteiger charge is 2.25. The van der Waals surface area contributed by atoms with E-state index in [9.17, 15) is 14.0 Å². The number of pyridine rings is 1. The molecule has 0 aliphatic carbocycles. The molecule has 2 N–H and O–H groups in total. The van der Waals surface area contributed by atoms with E-state index in [0.717, 1.165) is 11.8 Å². The van der Waals surface area contributed by atoms with Crippen molar-refractivity contribution in [1.82, 2.24) is 14.8 Å². The lowest BCUT2D eigenvalue weighted by Gasteiger charge is -2.26. The third-order valence-corrected chi connectivity index (χ3v) is 4.79. The molecular weight excluding hydrogens is 369 g/mol. The molecule has 2 aromatic rings. The quantitative estimate of drug-likeness (QED) is 0.738. The molecular formula is C19H26FN3O3S. The summed E-state index contributed by atoms with van der Waals surface area (Å²) >= 11 is 0.0977. The summed E-state index contributed by atoms with van der Waals surface area (Å²) in [5.41, 5.74) is -2.94. The maximum Gasteiger partial charge on any atom is 0.293 e. The number of carbonyl (C=O) groups is 1. The average Bonchev–Trinajstić information content (AvgIpc) is 3.08. The summed E-state index contributed by atoms with van der Waals surface area (Å²) in [7, 11) is 0. The van der Waals surface area contributed by atoms with Crippen LogP contribution in [0.5, 0.6) is 5.75 Å². The van der Waals surface area contributed by atoms with Gasteiger partial charge in [0.25, 0.3) is 12.9 Å². The molecule has 0 radical (unpaired) electrons. The fourth-order valence-corrected chi connectivity index (χ4v) is 3.56. The van der Waals surface area contributed by atoms with Gasteiger partial charge in [0.2, 0.25) is 0 Å². The van der Waals surface area contributed by atoms with Crippen LogP contribution in [-0.2, 0) is 0 Å². The second-order valence-corrected chi connectivity index (χ2v) is 6.71. The molecule has 1 amide bonds. The number of piperidine rings is 1. The summed E-state index contributed by atoms with van der Waals surface area (Å²) < 4.78 is 118. The van der Waals surface area contributed by atoms with Crippen molar-refractivity contribution in [3.63, 3.8) is 0 Å². The van der Waals surface area contributed by atoms with Crippen LogP contribution in [0.3, 0.4) is 0 Å². The summed E-state index contributed by atoms with van der Waals surface area (Å²) in [6, 6.07) is -3.85. The molecule has 3 heterocycles. The highest BCUT2D eigenvalue weighted by Crippen LogP contribution is 2.33. The molecule has 0 spiro atoms. The molecule has 0 bridgehead atoms. The number of halogens is 1. The Kier molecular flexibility index (Phi) is 2.81. The van der Waals surface area contributed by atoms with Gasteiger partial charge < -0.3 is 15.3 Å². The zero-order chi connectivity index (χ0) is 30.8. The maximum atomic E-state index is 14.5. The lowest BCUT2D eigenvalue weighted by Crippen LogP contribution is -2.36. The molecule has 1 aliphatic heterocycles. The summed E-state index contributed by atoms with van der Waals surface area (Å²) in [4.78, 5) is 27.5. The van der Waals surface area contributed by atoms with Gasteiger partial charge in [0, 0.05) is 24.9 Å². The van der Waals surface area contributed by atoms with Crippen LogP contribution in [0.25, 0.3) is 10.2 Å². The molecule has 6 nitrogen and oxygen atoms in total. The first-order chi connectivity index (χ1) is 18.0. The van der Waals surface area contributed by atoms with E-state index in [0.29, 0.717) is 0 Å². The fourth-order valence-electron chi connectivity index (χ4n) is 2.68. The van der Waals surface area contributed by atoms with Crippen LogP contribution < -0.4 is 10.9 Å². The first-order valence-electron chi connectivity index (χ1n) is 14.5. The normalized spacial score (nSPS) is 28.0. The molecule has 1 atom stereocenters. The van der Waals surface area contributed by atoms with Crippen molar-refractivity contribution in [1.29, 1.82) is 1.43 Å². The minimum absolute atomic E-state index is 0.0369. The van der Waals surface area contributed by atoms with Crippen LogP contribution in [0.2, 0.25) is 1.41 Å². The summed E-state index contributed by atoms with van der Waals surface area (Å²) in [5, 5.41) is 2.00. The number of nitrogens with zero attached hydrogens (tertiary/aromatic N) is 2. The Morgan fingerprint density at radius 1 is 1.70 bits per heavy atom. The molecule has 0 aromatic carbocycles. The van der Waals surface area contributed by atoms with E-state index in [1.807, 2.05) is 0 Å². The van der Waals surface area contributed by atoms with E-state index in [2.05, 4.69) is 5.11 Å². The molecule has 8 heteroatoms. The molecule has 1 unspecified atom stereocenters. The number of fused-ring (bicyclic) bond motifs is 1. The fraction of sp³-hybridized carbons (Fsp3) is 0.579. The van der Waals surface area contributed by atoms with Gasteiger partial charge in [-0.3, -0.25) is 14.2 Å². The van der Waals surface area contributed by atoms with Crippen molar-refractivity contribution in [2.24, 2.45) is 0 Å². The molecule has 2 aromatic heterocycles. The molecule has 1 aliphatic rings. The highest BCUT2D eigenvalue weighted by molar-refractivity contribution is 7.17. The Morgan fingerprint density at radius 3 is 3.19 bits per heavy atom. The topological polar surface area (TPSA) is 74.6 Å². The summed E-state index contributed by atoms with van der Waals surface area (Å²) in [6.07, 6.45) is -2.74. The standard InChI is InChI=1S/C19H26FN3O3S/c1-12(2)23-18(26)15(16(24)13-11-14(20)27-19(13)23)17(25)21-7-6-10-22-8-4-3-5-9-22/h11-12,24H,3-10H2,1-2H3,(H,21,25)/i1D3,3D2,7D2,10D2,11D,12D/hD2. The Hall–Kier alpha value is -1.93. The molecule has 1 fully saturated rings. The van der Waals surface area contributed by atoms with E-state index in [-0.39, 0.29) is 41.8 Å². The zero-order valence-corrected chi connectivity index (χ0v) is 15.2. The number of carbonyl (C=O) groups excluding carboxylic acids is 1. The van der Waals surface area contributed by atoms with Crippen molar-refractivity contribution in [3.05, 3.63) is 27.1 Å². The lowest BCUT2D eigenvalue weighted by molar-refractivity contribution is 0.0946. The first-order valence-corrected chi connectivity index (χ1v) is 8.91. The SMILES string of the molecule is [2H]Oc1c(C(=O)N([2H])C([2H])([2H])CC([2H])([2H])N2CCC([2H])([2H])CC2)c(=O)n(C([2H])(C)C([2H])([2H])[2H])c2sc(F)c([2H])c12. The second kappa shape index (κ2) is 8.39. The van der Waals surface area contributed by atoms with E-state index in [1.165, 1.54) is 0 Å². The zero-order valence-electron chi connectivity index (χ0n) is 27.4. The van der Waals surface area contributed by atoms with Gasteiger partial charge >= 0.3 is 0 Å². The largest absolute Gasteiger partial charge is 0.506 e. The lowest BCUT2D eigenvalue weighted by atomic mass is 10.1. The van der Waals surface area contributed by atoms with E-state index in [4.69, 9.17) is 17.9 Å². The van der Waals surface area contributed by atoms with Crippen molar-refractivity contribution >= 4 is 27.5 Å². The minimum Gasteiger partial charge on any atom is -0.506 e. The smallest absolute Gasteiger partial charge is 0.293 e. The second-order valence-electron chi connectivity index (χ2n) is 5.76. The molecule has 0 saturated carbocycles. The Morgan fingerprint density at radius 2 is 2.48 bits per heavy atom. The number of hydrogen-bond donors (Lipinski definition) is 2. The van der Waals surface area contributed by atoms with Gasteiger partial charge in [0.15, 0.2) is 6.54 Å². The Labute approximate surface area is 180 Å². The van der Waals surface area contributed by atoms with Gasteiger partial charge in [-0.1, -0.05) is 17.7 Å². The van der Waals surface area contributed by atoms with Crippen LogP contribution in [0, 0.1) is 5.13 Å². The number of nitrogens with one attached hydrogen (secondary N) is 1. The number of thiophene rings is 1. The van der Waals surface area contributed by atoms with Gasteiger partial charge in [0.05, 0.1) is 8.13 Å². The first kappa shape index (κ1) is 9.05. The molecule has 3 rings (SSSR count). The van der Waals surface area contributed by atoms with Crippen molar-refractivity contribution in [2.75, 3.05) is 26.1 Å². The van der Waals surface area contributed by atoms with Crippen molar-refractivity contribution in [3.8, 4) is 5.75 Å². The molecule has 27 heavy (non-hydrogen) atoms. The Balaban J connectivity index is 2.14. The number of likely N-dealkylation sites (tertiary alicyclic amines) is 1. The van der Waals surface area contributed by atoms with Crippen LogP contribution in [-0.4, -0.2) is 48.0 Å². The summed E-state index contributed by atoms with van der Waals surface area (Å²) in [5.74, 6) is -2.87. The number of hydrogen-bond acceptors (Lipinski definition) is 5. The van der Waals surface area contributed by atoms with Gasteiger partial charge in [-0.15, -0.1) is 0 Å². The average molecular weight is 409 g/mol. The third-order valence-electron chi connectivity index (χ3n) is 3.93. The van der Waals surface area contributed by atoms with Gasteiger partial charge in [-0.25, -0.2) is 0 Å².